The van der Waals surface area contributed by atoms with Crippen LogP contribution in [0.25, 0.3) is 10.9 Å². The number of carbonyl (C=O) groups is 3. The lowest BCUT2D eigenvalue weighted by Crippen LogP contribution is -2.44. The van der Waals surface area contributed by atoms with Crippen LogP contribution in [0.3, 0.4) is 0 Å². The van der Waals surface area contributed by atoms with E-state index < -0.39 is 23.6 Å². The molecule has 0 bridgehead atoms. The first-order valence-corrected chi connectivity index (χ1v) is 11.9. The van der Waals surface area contributed by atoms with E-state index in [1.807, 2.05) is 0 Å². The summed E-state index contributed by atoms with van der Waals surface area (Å²) in [4.78, 5) is 40.1. The summed E-state index contributed by atoms with van der Waals surface area (Å²) in [6, 6.07) is 10.2. The van der Waals surface area contributed by atoms with Crippen molar-refractivity contribution in [3.8, 4) is 0 Å². The largest absolute Gasteiger partial charge is 0.364 e. The summed E-state index contributed by atoms with van der Waals surface area (Å²) in [6.07, 6.45) is 2.47. The quantitative estimate of drug-likeness (QED) is 0.564. The molecule has 6 rings (SSSR count). The molecule has 180 valence electrons. The fraction of sp³-hybridized carbons (Fsp3) is 0.385. The fourth-order valence-corrected chi connectivity index (χ4v) is 5.79. The molecule has 2 heterocycles. The van der Waals surface area contributed by atoms with Crippen molar-refractivity contribution in [2.24, 2.45) is 17.6 Å². The second-order valence-electron chi connectivity index (χ2n) is 9.94. The molecule has 1 saturated heterocycles. The van der Waals surface area contributed by atoms with Gasteiger partial charge in [0.1, 0.15) is 18.2 Å². The van der Waals surface area contributed by atoms with Gasteiger partial charge in [0.2, 0.25) is 5.91 Å². The van der Waals surface area contributed by atoms with E-state index in [4.69, 9.17) is 5.73 Å². The third-order valence-electron chi connectivity index (χ3n) is 7.69. The fourth-order valence-electron chi connectivity index (χ4n) is 5.79. The van der Waals surface area contributed by atoms with Crippen LogP contribution < -0.4 is 5.73 Å². The van der Waals surface area contributed by atoms with Gasteiger partial charge in [-0.05, 0) is 54.7 Å². The zero-order valence-corrected chi connectivity index (χ0v) is 18.9. The van der Waals surface area contributed by atoms with Crippen LogP contribution in [0.5, 0.6) is 0 Å². The summed E-state index contributed by atoms with van der Waals surface area (Å²) in [5.41, 5.74) is 6.65. The van der Waals surface area contributed by atoms with Gasteiger partial charge in [-0.25, -0.2) is 8.78 Å². The van der Waals surface area contributed by atoms with Crippen LogP contribution in [0.15, 0.2) is 42.5 Å². The maximum absolute atomic E-state index is 14.1. The standard InChI is InChI=1S/C26H24F2N4O3/c27-15-5-6-16(19(28)11-15)18-7-13(18)10-23(33)22-9-14-8-21(14)32(22)24(34)12-31-20-4-2-1-3-17(20)25(30-31)26(29)35/h1-6,11,13-14,18,21-22H,7-10,12H2,(H2,29,35)/t13?,14-,18?,21-,22+/m1/s1. The predicted molar refractivity (Wildman–Crippen MR) is 122 cm³/mol. The molecule has 3 aromatic rings. The van der Waals surface area contributed by atoms with Gasteiger partial charge in [0.15, 0.2) is 11.5 Å². The minimum absolute atomic E-state index is 0.00419. The number of benzene rings is 2. The number of rotatable bonds is 7. The number of likely N-dealkylation sites (tertiary alicyclic amines) is 1. The smallest absolute Gasteiger partial charge is 0.269 e. The molecular weight excluding hydrogens is 454 g/mol. The third kappa shape index (κ3) is 3.79. The molecule has 3 fully saturated rings. The lowest BCUT2D eigenvalue weighted by molar-refractivity contribution is -0.139. The molecule has 2 amide bonds. The predicted octanol–water partition coefficient (Wildman–Crippen LogP) is 3.17. The summed E-state index contributed by atoms with van der Waals surface area (Å²) in [5, 5.41) is 4.85. The topological polar surface area (TPSA) is 98.3 Å². The number of ketones is 1. The number of Topliss-reactive ketones (excluding diaryl/α,β-unsaturated/α-hetero) is 1. The average molecular weight is 478 g/mol. The van der Waals surface area contributed by atoms with Gasteiger partial charge in [0.25, 0.3) is 5.91 Å². The number of aromatic nitrogens is 2. The Morgan fingerprint density at radius 2 is 1.86 bits per heavy atom. The monoisotopic (exact) mass is 478 g/mol. The molecule has 2 N–H and O–H groups in total. The van der Waals surface area contributed by atoms with Crippen LogP contribution in [-0.2, 0) is 16.1 Å². The van der Waals surface area contributed by atoms with Gasteiger partial charge in [-0.15, -0.1) is 0 Å². The molecule has 2 aromatic carbocycles. The van der Waals surface area contributed by atoms with Crippen molar-refractivity contribution in [1.29, 1.82) is 0 Å². The highest BCUT2D eigenvalue weighted by Gasteiger charge is 2.56. The number of nitrogens with two attached hydrogens (primary N) is 1. The van der Waals surface area contributed by atoms with Gasteiger partial charge in [0, 0.05) is 23.9 Å². The Morgan fingerprint density at radius 3 is 2.63 bits per heavy atom. The number of piperidine rings is 1. The number of nitrogens with zero attached hydrogens (tertiary/aromatic N) is 3. The van der Waals surface area contributed by atoms with Crippen molar-refractivity contribution in [3.05, 3.63) is 65.4 Å². The van der Waals surface area contributed by atoms with E-state index in [1.165, 1.54) is 16.8 Å². The molecule has 35 heavy (non-hydrogen) atoms. The van der Waals surface area contributed by atoms with Gasteiger partial charge >= 0.3 is 0 Å². The van der Waals surface area contributed by atoms with E-state index in [0.717, 1.165) is 12.5 Å². The van der Waals surface area contributed by atoms with Gasteiger partial charge in [-0.1, -0.05) is 24.3 Å². The van der Waals surface area contributed by atoms with Gasteiger partial charge in [0.05, 0.1) is 11.6 Å². The van der Waals surface area contributed by atoms with Crippen molar-refractivity contribution < 1.29 is 23.2 Å². The van der Waals surface area contributed by atoms with Crippen LogP contribution in [0.4, 0.5) is 8.78 Å². The van der Waals surface area contributed by atoms with Gasteiger partial charge in [-0.2, -0.15) is 5.10 Å². The summed E-state index contributed by atoms with van der Waals surface area (Å²) in [7, 11) is 0. The molecule has 2 aliphatic carbocycles. The van der Waals surface area contributed by atoms with Crippen LogP contribution in [0.2, 0.25) is 0 Å². The summed E-state index contributed by atoms with van der Waals surface area (Å²) in [5.74, 6) is -1.85. The molecule has 0 radical (unpaired) electrons. The van der Waals surface area contributed by atoms with Crippen molar-refractivity contribution in [2.75, 3.05) is 0 Å². The van der Waals surface area contributed by atoms with Crippen molar-refractivity contribution in [1.82, 2.24) is 14.7 Å². The van der Waals surface area contributed by atoms with Crippen molar-refractivity contribution in [3.63, 3.8) is 0 Å². The molecule has 0 spiro atoms. The minimum atomic E-state index is -0.666. The highest BCUT2D eigenvalue weighted by atomic mass is 19.1. The van der Waals surface area contributed by atoms with Gasteiger partial charge in [-0.3, -0.25) is 19.1 Å². The number of primary amides is 1. The number of fused-ring (bicyclic) bond motifs is 2. The Kier molecular flexibility index (Phi) is 4.98. The van der Waals surface area contributed by atoms with E-state index in [2.05, 4.69) is 5.10 Å². The first-order chi connectivity index (χ1) is 16.8. The Bertz CT molecular complexity index is 1390. The van der Waals surface area contributed by atoms with Crippen molar-refractivity contribution in [2.45, 2.75) is 50.2 Å². The molecule has 2 saturated carbocycles. The summed E-state index contributed by atoms with van der Waals surface area (Å²) >= 11 is 0. The molecule has 1 aromatic heterocycles. The maximum Gasteiger partial charge on any atom is 0.269 e. The van der Waals surface area contributed by atoms with Gasteiger partial charge < -0.3 is 10.6 Å². The number of carbonyl (C=O) groups excluding carboxylic acids is 3. The second-order valence-corrected chi connectivity index (χ2v) is 9.94. The Hall–Kier alpha value is -3.62. The van der Waals surface area contributed by atoms with Crippen LogP contribution in [-0.4, -0.2) is 44.4 Å². The lowest BCUT2D eigenvalue weighted by atomic mass is 10.00. The molecule has 7 nitrogen and oxygen atoms in total. The molecular formula is C26H24F2N4O3. The third-order valence-corrected chi connectivity index (χ3v) is 7.69. The summed E-state index contributed by atoms with van der Waals surface area (Å²) < 4.78 is 28.8. The Labute approximate surface area is 199 Å². The maximum atomic E-state index is 14.1. The molecule has 1 aliphatic heterocycles. The van der Waals surface area contributed by atoms with Crippen molar-refractivity contribution >= 4 is 28.5 Å². The Balaban J connectivity index is 1.17. The van der Waals surface area contributed by atoms with E-state index in [0.29, 0.717) is 35.2 Å². The zero-order valence-electron chi connectivity index (χ0n) is 18.9. The van der Waals surface area contributed by atoms with Crippen LogP contribution in [0, 0.1) is 23.5 Å². The molecule has 3 aliphatic rings. The number of amides is 2. The SMILES string of the molecule is NC(=O)c1nn(CC(=O)N2[C@@H]3C[C@@H]3C[C@H]2C(=O)CC2CC2c2ccc(F)cc2F)c2ccccc12. The zero-order chi connectivity index (χ0) is 24.4. The van der Waals surface area contributed by atoms with E-state index >= 15 is 0 Å². The normalized spacial score (nSPS) is 26.6. The van der Waals surface area contributed by atoms with E-state index in [-0.39, 0.29) is 48.2 Å². The second kappa shape index (κ2) is 7.96. The summed E-state index contributed by atoms with van der Waals surface area (Å²) in [6.45, 7) is -0.0896. The number of hydrogen-bond acceptors (Lipinski definition) is 4. The van der Waals surface area contributed by atoms with Crippen LogP contribution >= 0.6 is 0 Å². The molecule has 9 heteroatoms. The Morgan fingerprint density at radius 1 is 1.06 bits per heavy atom. The molecule has 2 unspecified atom stereocenters. The molecule has 5 atom stereocenters. The lowest BCUT2D eigenvalue weighted by Gasteiger charge is -2.27. The van der Waals surface area contributed by atoms with E-state index in [1.54, 1.807) is 29.2 Å². The van der Waals surface area contributed by atoms with E-state index in [9.17, 15) is 23.2 Å². The number of para-hydroxylation sites is 1. The number of halogens is 2. The first kappa shape index (κ1) is 21.9. The highest BCUT2D eigenvalue weighted by Crippen LogP contribution is 2.53. The highest BCUT2D eigenvalue weighted by molar-refractivity contribution is 6.04. The van der Waals surface area contributed by atoms with Crippen LogP contribution in [0.1, 0.15) is 47.7 Å². The number of hydrogen-bond donors (Lipinski definition) is 1. The average Bonchev–Trinajstić information content (AvgIpc) is 3.69. The first-order valence-electron chi connectivity index (χ1n) is 11.9. The minimum Gasteiger partial charge on any atom is -0.364 e.